The molecule has 0 saturated heterocycles. The quantitative estimate of drug-likeness (QED) is 0.660. The molecule has 0 aliphatic carbocycles. The SMILES string of the molecule is O=C(O)CN1C(=O)/C(=C\c2cccc(C(F)(F)F)c2)c2ccccc2C1=O. The number of nitrogens with zero attached hydrogens (tertiary/aromatic N) is 1. The summed E-state index contributed by atoms with van der Waals surface area (Å²) in [6.45, 7) is -0.841. The molecule has 0 saturated carbocycles. The molecule has 0 bridgehead atoms. The van der Waals surface area contributed by atoms with Crippen LogP contribution in [0.3, 0.4) is 0 Å². The molecule has 3 rings (SSSR count). The first-order chi connectivity index (χ1) is 12.7. The van der Waals surface area contributed by atoms with Crippen molar-refractivity contribution in [1.29, 1.82) is 0 Å². The minimum absolute atomic E-state index is 0.0502. The van der Waals surface area contributed by atoms with Crippen molar-refractivity contribution in [3.8, 4) is 0 Å². The molecule has 1 aliphatic rings. The highest BCUT2D eigenvalue weighted by atomic mass is 19.4. The molecular formula is C19H12F3NO4. The molecule has 138 valence electrons. The smallest absolute Gasteiger partial charge is 0.416 e. The summed E-state index contributed by atoms with van der Waals surface area (Å²) in [5, 5.41) is 8.96. The van der Waals surface area contributed by atoms with Gasteiger partial charge in [-0.2, -0.15) is 13.2 Å². The standard InChI is InChI=1S/C19H12F3NO4/c20-19(21,22)12-5-3-4-11(8-12)9-15-13-6-1-2-7-14(13)17(26)23(18(15)27)10-16(24)25/h1-9H,10H2,(H,24,25)/b15-9-. The van der Waals surface area contributed by atoms with E-state index in [4.69, 9.17) is 5.11 Å². The molecule has 2 aromatic rings. The number of amides is 2. The zero-order valence-electron chi connectivity index (χ0n) is 13.7. The van der Waals surface area contributed by atoms with E-state index in [1.165, 1.54) is 30.3 Å². The van der Waals surface area contributed by atoms with Gasteiger partial charge in [0.15, 0.2) is 0 Å². The molecular weight excluding hydrogens is 363 g/mol. The van der Waals surface area contributed by atoms with Crippen LogP contribution >= 0.6 is 0 Å². The van der Waals surface area contributed by atoms with Crippen molar-refractivity contribution in [3.63, 3.8) is 0 Å². The van der Waals surface area contributed by atoms with E-state index in [2.05, 4.69) is 0 Å². The number of carbonyl (C=O) groups is 3. The van der Waals surface area contributed by atoms with Gasteiger partial charge in [-0.25, -0.2) is 0 Å². The van der Waals surface area contributed by atoms with E-state index in [-0.39, 0.29) is 22.3 Å². The Morgan fingerprint density at radius 2 is 1.67 bits per heavy atom. The molecule has 2 aromatic carbocycles. The lowest BCUT2D eigenvalue weighted by Crippen LogP contribution is -2.44. The summed E-state index contributed by atoms with van der Waals surface area (Å²) in [6, 6.07) is 10.4. The van der Waals surface area contributed by atoms with Gasteiger partial charge in [-0.15, -0.1) is 0 Å². The molecule has 0 unspecified atom stereocenters. The van der Waals surface area contributed by atoms with Gasteiger partial charge in [0.25, 0.3) is 11.8 Å². The number of halogens is 3. The minimum atomic E-state index is -4.55. The van der Waals surface area contributed by atoms with Crippen LogP contribution in [-0.4, -0.2) is 34.3 Å². The largest absolute Gasteiger partial charge is 0.480 e. The van der Waals surface area contributed by atoms with Gasteiger partial charge < -0.3 is 5.11 Å². The predicted octanol–water partition coefficient (Wildman–Crippen LogP) is 3.31. The fourth-order valence-corrected chi connectivity index (χ4v) is 2.79. The number of rotatable bonds is 3. The number of carbonyl (C=O) groups excluding carboxylic acids is 2. The lowest BCUT2D eigenvalue weighted by atomic mass is 9.92. The molecule has 0 aromatic heterocycles. The third-order valence-electron chi connectivity index (χ3n) is 3.99. The van der Waals surface area contributed by atoms with E-state index in [9.17, 15) is 27.6 Å². The lowest BCUT2D eigenvalue weighted by Gasteiger charge is -2.27. The molecule has 2 amide bonds. The Bertz CT molecular complexity index is 979. The average Bonchev–Trinajstić information content (AvgIpc) is 2.61. The van der Waals surface area contributed by atoms with E-state index >= 15 is 0 Å². The Labute approximate surface area is 151 Å². The highest BCUT2D eigenvalue weighted by Gasteiger charge is 2.36. The molecule has 1 aliphatic heterocycles. The fraction of sp³-hybridized carbons (Fsp3) is 0.105. The summed E-state index contributed by atoms with van der Waals surface area (Å²) >= 11 is 0. The van der Waals surface area contributed by atoms with Crippen molar-refractivity contribution >= 4 is 29.4 Å². The number of fused-ring (bicyclic) bond motifs is 1. The second-order valence-electron chi connectivity index (χ2n) is 5.82. The van der Waals surface area contributed by atoms with Gasteiger partial charge in [-0.1, -0.05) is 30.3 Å². The zero-order chi connectivity index (χ0) is 19.8. The second kappa shape index (κ2) is 6.71. The van der Waals surface area contributed by atoms with Gasteiger partial charge in [-0.3, -0.25) is 19.3 Å². The van der Waals surface area contributed by atoms with E-state index in [0.717, 1.165) is 12.1 Å². The highest BCUT2D eigenvalue weighted by Crippen LogP contribution is 2.33. The maximum absolute atomic E-state index is 12.9. The number of hydrogen-bond donors (Lipinski definition) is 1. The topological polar surface area (TPSA) is 74.7 Å². The van der Waals surface area contributed by atoms with Crippen LogP contribution in [0.1, 0.15) is 27.0 Å². The number of alkyl halides is 3. The summed E-state index contributed by atoms with van der Waals surface area (Å²) in [5.74, 6) is -3.02. The van der Waals surface area contributed by atoms with Crippen LogP contribution in [0.25, 0.3) is 11.6 Å². The van der Waals surface area contributed by atoms with Gasteiger partial charge in [0.05, 0.1) is 5.56 Å². The molecule has 5 nitrogen and oxygen atoms in total. The summed E-state index contributed by atoms with van der Waals surface area (Å²) in [4.78, 5) is 36.6. The Balaban J connectivity index is 2.14. The summed E-state index contributed by atoms with van der Waals surface area (Å²) in [7, 11) is 0. The Morgan fingerprint density at radius 3 is 2.30 bits per heavy atom. The van der Waals surface area contributed by atoms with E-state index in [0.29, 0.717) is 4.90 Å². The van der Waals surface area contributed by atoms with Crippen LogP contribution in [0.4, 0.5) is 13.2 Å². The van der Waals surface area contributed by atoms with Gasteiger partial charge in [0.1, 0.15) is 6.54 Å². The van der Waals surface area contributed by atoms with E-state index < -0.39 is 36.1 Å². The van der Waals surface area contributed by atoms with Crippen LogP contribution in [0, 0.1) is 0 Å². The average molecular weight is 375 g/mol. The Hall–Kier alpha value is -3.42. The number of aliphatic carboxylic acids is 1. The van der Waals surface area contributed by atoms with Crippen LogP contribution in [0.15, 0.2) is 48.5 Å². The normalized spacial score (nSPS) is 15.8. The maximum Gasteiger partial charge on any atom is 0.416 e. The van der Waals surface area contributed by atoms with E-state index in [1.54, 1.807) is 12.1 Å². The van der Waals surface area contributed by atoms with Crippen molar-refractivity contribution in [2.45, 2.75) is 6.18 Å². The number of hydrogen-bond acceptors (Lipinski definition) is 3. The first-order valence-corrected chi connectivity index (χ1v) is 7.75. The number of carboxylic acids is 1. The maximum atomic E-state index is 12.9. The van der Waals surface area contributed by atoms with Gasteiger partial charge in [0.2, 0.25) is 0 Å². The highest BCUT2D eigenvalue weighted by molar-refractivity contribution is 6.34. The summed E-state index contributed by atoms with van der Waals surface area (Å²) in [5.41, 5.74) is -0.478. The molecule has 1 N–H and O–H groups in total. The number of carboxylic acid groups (broad SMARTS) is 1. The molecule has 0 fully saturated rings. The summed E-state index contributed by atoms with van der Waals surface area (Å²) in [6.07, 6.45) is -3.33. The number of imide groups is 1. The van der Waals surface area contributed by atoms with Crippen LogP contribution in [-0.2, 0) is 15.8 Å². The third kappa shape index (κ3) is 3.59. The molecule has 8 heteroatoms. The van der Waals surface area contributed by atoms with Crippen molar-refractivity contribution in [1.82, 2.24) is 4.90 Å². The second-order valence-corrected chi connectivity index (χ2v) is 5.82. The van der Waals surface area contributed by atoms with Crippen molar-refractivity contribution < 1.29 is 32.7 Å². The molecule has 1 heterocycles. The predicted molar refractivity (Wildman–Crippen MR) is 89.4 cm³/mol. The van der Waals surface area contributed by atoms with Crippen LogP contribution in [0.2, 0.25) is 0 Å². The number of benzene rings is 2. The van der Waals surface area contributed by atoms with Crippen molar-refractivity contribution in [2.24, 2.45) is 0 Å². The van der Waals surface area contributed by atoms with Crippen molar-refractivity contribution in [3.05, 3.63) is 70.8 Å². The van der Waals surface area contributed by atoms with Crippen LogP contribution in [0.5, 0.6) is 0 Å². The van der Waals surface area contributed by atoms with Crippen LogP contribution < -0.4 is 0 Å². The van der Waals surface area contributed by atoms with E-state index in [1.807, 2.05) is 0 Å². The Morgan fingerprint density at radius 1 is 1.00 bits per heavy atom. The minimum Gasteiger partial charge on any atom is -0.480 e. The first-order valence-electron chi connectivity index (χ1n) is 7.75. The molecule has 0 spiro atoms. The molecule has 0 radical (unpaired) electrons. The summed E-state index contributed by atoms with van der Waals surface area (Å²) < 4.78 is 38.7. The monoisotopic (exact) mass is 375 g/mol. The molecule has 27 heavy (non-hydrogen) atoms. The fourth-order valence-electron chi connectivity index (χ4n) is 2.79. The zero-order valence-corrected chi connectivity index (χ0v) is 13.7. The third-order valence-corrected chi connectivity index (χ3v) is 3.99. The lowest BCUT2D eigenvalue weighted by molar-refractivity contribution is -0.141. The first kappa shape index (κ1) is 18.4. The molecule has 0 atom stereocenters. The van der Waals surface area contributed by atoms with Gasteiger partial charge in [-0.05, 0) is 35.4 Å². The van der Waals surface area contributed by atoms with Gasteiger partial charge in [0, 0.05) is 11.1 Å². The van der Waals surface area contributed by atoms with Gasteiger partial charge >= 0.3 is 12.1 Å². The van der Waals surface area contributed by atoms with Crippen molar-refractivity contribution in [2.75, 3.05) is 6.54 Å². The Kier molecular flexibility index (Phi) is 4.57.